The van der Waals surface area contributed by atoms with Crippen LogP contribution in [-0.2, 0) is 0 Å². The second-order valence-corrected chi connectivity index (χ2v) is 17.9. The summed E-state index contributed by atoms with van der Waals surface area (Å²) in [6, 6.07) is 1.19. The van der Waals surface area contributed by atoms with Crippen LogP contribution < -0.4 is 0 Å². The van der Waals surface area contributed by atoms with Crippen molar-refractivity contribution in [2.24, 2.45) is 9.32 Å². The maximum atomic E-state index is 4.83. The summed E-state index contributed by atoms with van der Waals surface area (Å²) in [4.78, 5) is 8.26. The minimum atomic E-state index is -1.36. The molecule has 0 aliphatic heterocycles. The fraction of sp³-hybridized carbons (Fsp3) is 0.882. The Morgan fingerprint density at radius 2 is 0.880 bits per heavy atom. The van der Waals surface area contributed by atoms with E-state index in [1.165, 1.54) is 6.04 Å². The van der Waals surface area contributed by atoms with Gasteiger partial charge in [-0.3, -0.25) is 9.32 Å². The number of hydrogen-bond acceptors (Lipinski definition) is 2. The van der Waals surface area contributed by atoms with Gasteiger partial charge in [0.1, 0.15) is 0 Å². The molecule has 6 nitrogen and oxygen atoms in total. The summed E-state index contributed by atoms with van der Waals surface area (Å²) in [5, 5.41) is 0. The van der Waals surface area contributed by atoms with Gasteiger partial charge < -0.3 is 19.6 Å². The van der Waals surface area contributed by atoms with Crippen LogP contribution in [-0.4, -0.2) is 104 Å². The predicted octanol–water partition coefficient (Wildman–Crippen LogP) is 2.99. The van der Waals surface area contributed by atoms with Gasteiger partial charge in [-0.15, -0.1) is 0 Å². The summed E-state index contributed by atoms with van der Waals surface area (Å²) in [5.41, 5.74) is 0. The minimum absolute atomic E-state index is 1.06. The first-order chi connectivity index (χ1) is 11.0. The van der Waals surface area contributed by atoms with Crippen LogP contribution in [0.1, 0.15) is 6.92 Å². The Morgan fingerprint density at radius 1 is 0.600 bits per heavy atom. The van der Waals surface area contributed by atoms with Crippen molar-refractivity contribution in [2.45, 2.75) is 45.7 Å². The van der Waals surface area contributed by atoms with E-state index in [0.29, 0.717) is 0 Å². The molecule has 0 rings (SSSR count). The van der Waals surface area contributed by atoms with Gasteiger partial charge >= 0.3 is 0 Å². The van der Waals surface area contributed by atoms with Crippen LogP contribution in [0.3, 0.4) is 0 Å². The molecular formula is C17H44N6Si2. The largest absolute Gasteiger partial charge is 0.350 e. The van der Waals surface area contributed by atoms with E-state index < -0.39 is 16.5 Å². The van der Waals surface area contributed by atoms with Gasteiger partial charge in [0.25, 0.3) is 0 Å². The average Bonchev–Trinajstić information content (AvgIpc) is 2.41. The molecule has 0 spiro atoms. The second-order valence-electron chi connectivity index (χ2n) is 8.74. The lowest BCUT2D eigenvalue weighted by atomic mass is 10.7. The van der Waals surface area contributed by atoms with Crippen LogP contribution in [0, 0.1) is 0 Å². The Kier molecular flexibility index (Phi) is 11.4. The van der Waals surface area contributed by atoms with E-state index in [1.807, 2.05) is 56.4 Å². The van der Waals surface area contributed by atoms with Crippen molar-refractivity contribution in [2.75, 3.05) is 56.4 Å². The summed E-state index contributed by atoms with van der Waals surface area (Å²) in [6.45, 7) is 13.5. The Balaban J connectivity index is 0. The summed E-state index contributed by atoms with van der Waals surface area (Å²) >= 11 is 0. The lowest BCUT2D eigenvalue weighted by Gasteiger charge is -2.27. The average molecular weight is 389 g/mol. The molecule has 0 aromatic carbocycles. The molecule has 0 radical (unpaired) electrons. The second kappa shape index (κ2) is 10.9. The molecule has 0 amide bonds. The summed E-state index contributed by atoms with van der Waals surface area (Å²) in [5.74, 6) is 2.15. The monoisotopic (exact) mass is 388 g/mol. The third kappa shape index (κ3) is 12.9. The summed E-state index contributed by atoms with van der Waals surface area (Å²) in [6.07, 6.45) is 0. The Hall–Kier alpha value is -1.03. The predicted molar refractivity (Wildman–Crippen MR) is 121 cm³/mol. The van der Waals surface area contributed by atoms with Crippen LogP contribution in [0.5, 0.6) is 0 Å². The normalized spacial score (nSPS) is 11.0. The van der Waals surface area contributed by atoms with Crippen molar-refractivity contribution in [3.8, 4) is 0 Å². The van der Waals surface area contributed by atoms with E-state index in [1.54, 1.807) is 0 Å². The molecule has 0 fully saturated rings. The first-order valence-corrected chi connectivity index (χ1v) is 15.5. The Labute approximate surface area is 159 Å². The molecule has 0 N–H and O–H groups in total. The third-order valence-electron chi connectivity index (χ3n) is 3.30. The molecule has 25 heavy (non-hydrogen) atoms. The zero-order chi connectivity index (χ0) is 20.6. The highest BCUT2D eigenvalue weighted by Crippen LogP contribution is 2.11. The van der Waals surface area contributed by atoms with Gasteiger partial charge in [0.2, 0.25) is 0 Å². The maximum absolute atomic E-state index is 4.83. The SMILES string of the molecule is CC[Si](C)(C)N=C(N(C)C)N(C)C.CN(C)C(=N[Si](C)(C)C)N(C)C. The quantitative estimate of drug-likeness (QED) is 0.423. The molecule has 0 aromatic rings. The highest BCUT2D eigenvalue weighted by atomic mass is 28.3. The van der Waals surface area contributed by atoms with E-state index in [-0.39, 0.29) is 0 Å². The lowest BCUT2D eigenvalue weighted by molar-refractivity contribution is 0.485. The first kappa shape index (κ1) is 26.2. The smallest absolute Gasteiger partial charge is 0.186 e. The highest BCUT2D eigenvalue weighted by Gasteiger charge is 2.19. The van der Waals surface area contributed by atoms with Crippen molar-refractivity contribution in [1.29, 1.82) is 0 Å². The van der Waals surface area contributed by atoms with Crippen molar-refractivity contribution < 1.29 is 0 Å². The molecule has 0 saturated carbocycles. The zero-order valence-corrected chi connectivity index (χ0v) is 21.4. The molecule has 0 aliphatic rings. The zero-order valence-electron chi connectivity index (χ0n) is 19.4. The van der Waals surface area contributed by atoms with Crippen LogP contribution in [0.2, 0.25) is 38.8 Å². The molecule has 0 saturated heterocycles. The Bertz CT molecular complexity index is 415. The molecule has 0 bridgehead atoms. The van der Waals surface area contributed by atoms with Crippen molar-refractivity contribution in [3.63, 3.8) is 0 Å². The minimum Gasteiger partial charge on any atom is -0.350 e. The number of nitrogens with zero attached hydrogens (tertiary/aromatic N) is 6. The maximum Gasteiger partial charge on any atom is 0.186 e. The van der Waals surface area contributed by atoms with Gasteiger partial charge in [0.15, 0.2) is 28.4 Å². The van der Waals surface area contributed by atoms with E-state index in [0.717, 1.165) is 11.9 Å². The topological polar surface area (TPSA) is 37.7 Å². The third-order valence-corrected chi connectivity index (χ3v) is 6.71. The van der Waals surface area contributed by atoms with E-state index in [4.69, 9.17) is 9.32 Å². The summed E-state index contributed by atoms with van der Waals surface area (Å²) < 4.78 is 9.55. The van der Waals surface area contributed by atoms with Gasteiger partial charge in [-0.25, -0.2) is 0 Å². The number of guanidine groups is 2. The molecule has 150 valence electrons. The fourth-order valence-corrected chi connectivity index (χ4v) is 3.95. The van der Waals surface area contributed by atoms with Gasteiger partial charge in [-0.1, -0.05) is 6.92 Å². The van der Waals surface area contributed by atoms with Crippen LogP contribution >= 0.6 is 0 Å². The fourth-order valence-electron chi connectivity index (χ4n) is 1.85. The van der Waals surface area contributed by atoms with Crippen molar-refractivity contribution in [3.05, 3.63) is 0 Å². The standard InChI is InChI=1S/C9H23N3Si.C8H21N3Si/c1-8-13(6,7)10-9(11(2)3)12(4)5;1-10(2)8(11(3)4)9-12(5,6)7/h8H2,1-7H3;1-7H3. The van der Waals surface area contributed by atoms with Crippen LogP contribution in [0.15, 0.2) is 9.32 Å². The van der Waals surface area contributed by atoms with Gasteiger partial charge in [0.05, 0.1) is 0 Å². The Morgan fingerprint density at radius 3 is 1.04 bits per heavy atom. The van der Waals surface area contributed by atoms with Crippen molar-refractivity contribution >= 4 is 28.4 Å². The van der Waals surface area contributed by atoms with Crippen LogP contribution in [0.4, 0.5) is 0 Å². The molecular weight excluding hydrogens is 344 g/mol. The molecule has 0 atom stereocenters. The van der Waals surface area contributed by atoms with Gasteiger partial charge in [-0.05, 0) is 38.8 Å². The number of rotatable bonds is 3. The van der Waals surface area contributed by atoms with Crippen LogP contribution in [0.25, 0.3) is 0 Å². The number of hydrogen-bond donors (Lipinski definition) is 0. The lowest BCUT2D eigenvalue weighted by Crippen LogP contribution is -2.39. The highest BCUT2D eigenvalue weighted by molar-refractivity contribution is 6.76. The molecule has 0 unspecified atom stereocenters. The molecule has 0 aromatic heterocycles. The van der Waals surface area contributed by atoms with Crippen molar-refractivity contribution in [1.82, 2.24) is 19.6 Å². The molecule has 0 aliphatic carbocycles. The van der Waals surface area contributed by atoms with Gasteiger partial charge in [-0.2, -0.15) is 0 Å². The van der Waals surface area contributed by atoms with E-state index >= 15 is 0 Å². The van der Waals surface area contributed by atoms with Gasteiger partial charge in [0, 0.05) is 56.4 Å². The first-order valence-electron chi connectivity index (χ1n) is 8.93. The van der Waals surface area contributed by atoms with E-state index in [9.17, 15) is 0 Å². The molecule has 8 heteroatoms. The van der Waals surface area contributed by atoms with E-state index in [2.05, 4.69) is 59.3 Å². The molecule has 0 heterocycles. The summed E-state index contributed by atoms with van der Waals surface area (Å²) in [7, 11) is 13.6.